The van der Waals surface area contributed by atoms with Crippen LogP contribution in [0.25, 0.3) is 0 Å². The first-order chi connectivity index (χ1) is 8.03. The molecule has 0 aromatic rings. The predicted octanol–water partition coefficient (Wildman–Crippen LogP) is 3.11. The van der Waals surface area contributed by atoms with Crippen molar-refractivity contribution in [3.8, 4) is 0 Å². The number of amides is 1. The second kappa shape index (κ2) is 5.26. The summed E-state index contributed by atoms with van der Waals surface area (Å²) in [5.41, 5.74) is 0. The SMILES string of the molecule is O=C(C(C(F)(F)F)C(F)(F)F)N1CCCC(Br)C1. The van der Waals surface area contributed by atoms with Gasteiger partial charge in [-0.3, -0.25) is 4.79 Å². The smallest absolute Gasteiger partial charge is 0.341 e. The number of nitrogens with zero attached hydrogens (tertiary/aromatic N) is 1. The van der Waals surface area contributed by atoms with Gasteiger partial charge in [0, 0.05) is 17.9 Å². The summed E-state index contributed by atoms with van der Waals surface area (Å²) in [4.78, 5) is 11.8. The maximum absolute atomic E-state index is 12.3. The minimum absolute atomic E-state index is 0.0798. The molecule has 0 radical (unpaired) electrons. The first-order valence-electron chi connectivity index (χ1n) is 5.09. The normalized spacial score (nSPS) is 22.4. The molecule has 0 aromatic heterocycles. The molecule has 18 heavy (non-hydrogen) atoms. The summed E-state index contributed by atoms with van der Waals surface area (Å²) in [6.07, 6.45) is -10.2. The van der Waals surface area contributed by atoms with Crippen LogP contribution in [0.5, 0.6) is 0 Å². The van der Waals surface area contributed by atoms with Gasteiger partial charge in [0.2, 0.25) is 11.8 Å². The predicted molar refractivity (Wildman–Crippen MR) is 54.1 cm³/mol. The molecule has 1 heterocycles. The van der Waals surface area contributed by atoms with Crippen LogP contribution < -0.4 is 0 Å². The first-order valence-corrected chi connectivity index (χ1v) is 6.01. The summed E-state index contributed by atoms with van der Waals surface area (Å²) in [5, 5.41) is 0. The van der Waals surface area contributed by atoms with E-state index in [0.29, 0.717) is 17.7 Å². The molecule has 1 atom stereocenters. The van der Waals surface area contributed by atoms with Crippen molar-refractivity contribution >= 4 is 21.8 Å². The molecule has 0 N–H and O–H groups in total. The summed E-state index contributed by atoms with van der Waals surface area (Å²) in [5.74, 6) is -5.85. The number of carbonyl (C=O) groups is 1. The van der Waals surface area contributed by atoms with E-state index in [4.69, 9.17) is 0 Å². The molecule has 1 fully saturated rings. The van der Waals surface area contributed by atoms with Crippen LogP contribution in [0.4, 0.5) is 26.3 Å². The molecule has 1 aliphatic heterocycles. The van der Waals surface area contributed by atoms with Crippen molar-refractivity contribution in [2.24, 2.45) is 5.92 Å². The van der Waals surface area contributed by atoms with Crippen molar-refractivity contribution in [1.82, 2.24) is 4.90 Å². The van der Waals surface area contributed by atoms with E-state index in [0.717, 1.165) is 0 Å². The highest BCUT2D eigenvalue weighted by atomic mass is 79.9. The summed E-state index contributed by atoms with van der Waals surface area (Å²) < 4.78 is 74.0. The van der Waals surface area contributed by atoms with Crippen LogP contribution in [0.2, 0.25) is 0 Å². The van der Waals surface area contributed by atoms with Gasteiger partial charge in [-0.2, -0.15) is 26.3 Å². The second-order valence-corrected chi connectivity index (χ2v) is 5.33. The first kappa shape index (κ1) is 15.6. The number of rotatable bonds is 1. The molecule has 0 aliphatic carbocycles. The number of hydrogen-bond acceptors (Lipinski definition) is 1. The van der Waals surface area contributed by atoms with Gasteiger partial charge in [-0.25, -0.2) is 0 Å². The maximum atomic E-state index is 12.3. The molecule has 1 saturated heterocycles. The number of piperidine rings is 1. The van der Waals surface area contributed by atoms with Gasteiger partial charge in [-0.05, 0) is 12.8 Å². The van der Waals surface area contributed by atoms with Gasteiger partial charge in [0.25, 0.3) is 0 Å². The zero-order valence-corrected chi connectivity index (χ0v) is 10.6. The molecular weight excluding hydrogens is 332 g/mol. The fourth-order valence-electron chi connectivity index (χ4n) is 1.77. The van der Waals surface area contributed by atoms with Crippen molar-refractivity contribution in [2.45, 2.75) is 30.0 Å². The van der Waals surface area contributed by atoms with Crippen LogP contribution >= 0.6 is 15.9 Å². The Hall–Kier alpha value is -0.470. The average molecular weight is 342 g/mol. The lowest BCUT2D eigenvalue weighted by atomic mass is 10.0. The van der Waals surface area contributed by atoms with E-state index < -0.39 is 24.2 Å². The summed E-state index contributed by atoms with van der Waals surface area (Å²) in [6, 6.07) is 0. The van der Waals surface area contributed by atoms with Crippen LogP contribution in [-0.2, 0) is 4.79 Å². The van der Waals surface area contributed by atoms with E-state index in [1.807, 2.05) is 0 Å². The van der Waals surface area contributed by atoms with E-state index >= 15 is 0 Å². The molecule has 1 amide bonds. The molecule has 1 aliphatic rings. The lowest BCUT2D eigenvalue weighted by Crippen LogP contribution is -2.52. The Morgan fingerprint density at radius 2 is 1.67 bits per heavy atom. The lowest BCUT2D eigenvalue weighted by molar-refractivity contribution is -0.277. The quantitative estimate of drug-likeness (QED) is 0.530. The van der Waals surface area contributed by atoms with Crippen LogP contribution in [0, 0.1) is 5.92 Å². The Morgan fingerprint density at radius 1 is 1.17 bits per heavy atom. The molecule has 0 spiro atoms. The molecular formula is C9H10BrF6NO. The average Bonchev–Trinajstić information content (AvgIpc) is 2.12. The van der Waals surface area contributed by atoms with Crippen molar-refractivity contribution in [2.75, 3.05) is 13.1 Å². The molecule has 0 saturated carbocycles. The highest BCUT2D eigenvalue weighted by Gasteiger charge is 2.62. The zero-order chi connectivity index (χ0) is 14.1. The second-order valence-electron chi connectivity index (χ2n) is 4.04. The van der Waals surface area contributed by atoms with Gasteiger partial charge >= 0.3 is 12.4 Å². The van der Waals surface area contributed by atoms with E-state index in [1.165, 1.54) is 0 Å². The number of halogens is 7. The Kier molecular flexibility index (Phi) is 4.56. The van der Waals surface area contributed by atoms with Crippen LogP contribution in [0.1, 0.15) is 12.8 Å². The van der Waals surface area contributed by atoms with Gasteiger partial charge < -0.3 is 4.90 Å². The molecule has 9 heteroatoms. The van der Waals surface area contributed by atoms with Gasteiger partial charge in [-0.1, -0.05) is 15.9 Å². The van der Waals surface area contributed by atoms with E-state index in [1.54, 1.807) is 0 Å². The fourth-order valence-corrected chi connectivity index (χ4v) is 2.45. The Bertz CT molecular complexity index is 301. The third-order valence-corrected chi connectivity index (χ3v) is 3.32. The Morgan fingerprint density at radius 3 is 2.06 bits per heavy atom. The van der Waals surface area contributed by atoms with Crippen LogP contribution in [-0.4, -0.2) is 41.1 Å². The van der Waals surface area contributed by atoms with Crippen molar-refractivity contribution in [1.29, 1.82) is 0 Å². The van der Waals surface area contributed by atoms with Crippen molar-refractivity contribution < 1.29 is 31.1 Å². The lowest BCUT2D eigenvalue weighted by Gasteiger charge is -2.34. The highest BCUT2D eigenvalue weighted by molar-refractivity contribution is 9.09. The molecule has 0 aromatic carbocycles. The third-order valence-electron chi connectivity index (χ3n) is 2.58. The summed E-state index contributed by atoms with van der Waals surface area (Å²) in [6.45, 7) is -0.217. The largest absolute Gasteiger partial charge is 0.409 e. The van der Waals surface area contributed by atoms with Crippen LogP contribution in [0.15, 0.2) is 0 Å². The van der Waals surface area contributed by atoms with Crippen molar-refractivity contribution in [3.63, 3.8) is 0 Å². The zero-order valence-electron chi connectivity index (χ0n) is 8.98. The maximum Gasteiger partial charge on any atom is 0.409 e. The molecule has 1 rings (SSSR count). The number of carbonyl (C=O) groups excluding carboxylic acids is 1. The molecule has 2 nitrogen and oxygen atoms in total. The van der Waals surface area contributed by atoms with Crippen molar-refractivity contribution in [3.05, 3.63) is 0 Å². The standard InChI is InChI=1S/C9H10BrF6NO/c10-5-2-1-3-17(4-5)7(18)6(8(11,12)13)9(14,15)16/h5-6H,1-4H2. The topological polar surface area (TPSA) is 20.3 Å². The van der Waals surface area contributed by atoms with Gasteiger partial charge in [-0.15, -0.1) is 0 Å². The van der Waals surface area contributed by atoms with E-state index in [2.05, 4.69) is 15.9 Å². The van der Waals surface area contributed by atoms with Crippen LogP contribution in [0.3, 0.4) is 0 Å². The minimum atomic E-state index is -5.62. The van der Waals surface area contributed by atoms with E-state index in [9.17, 15) is 31.1 Å². The van der Waals surface area contributed by atoms with E-state index in [-0.39, 0.29) is 17.9 Å². The van der Waals surface area contributed by atoms with Gasteiger partial charge in [0.1, 0.15) is 0 Å². The summed E-state index contributed by atoms with van der Waals surface area (Å²) >= 11 is 3.09. The fraction of sp³-hybridized carbons (Fsp3) is 0.889. The van der Waals surface area contributed by atoms with Gasteiger partial charge in [0.05, 0.1) is 0 Å². The molecule has 0 bridgehead atoms. The highest BCUT2D eigenvalue weighted by Crippen LogP contribution is 2.40. The van der Waals surface area contributed by atoms with Gasteiger partial charge in [0.15, 0.2) is 0 Å². The molecule has 1 unspecified atom stereocenters. The summed E-state index contributed by atoms with van der Waals surface area (Å²) in [7, 11) is 0. The third kappa shape index (κ3) is 3.76. The number of hydrogen-bond donors (Lipinski definition) is 0. The Balaban J connectivity index is 2.90. The number of likely N-dealkylation sites (tertiary alicyclic amines) is 1. The molecule has 106 valence electrons. The number of alkyl halides is 7. The minimum Gasteiger partial charge on any atom is -0.341 e. The Labute approximate surface area is 107 Å². The monoisotopic (exact) mass is 341 g/mol.